The van der Waals surface area contributed by atoms with Crippen LogP contribution >= 0.6 is 11.8 Å². The van der Waals surface area contributed by atoms with Gasteiger partial charge in [-0.25, -0.2) is 0 Å². The topological polar surface area (TPSA) is 95.8 Å². The highest BCUT2D eigenvalue weighted by molar-refractivity contribution is 8.00. The van der Waals surface area contributed by atoms with Gasteiger partial charge in [0.1, 0.15) is 5.69 Å². The average Bonchev–Trinajstić information content (AvgIpc) is 2.75. The first-order valence-electron chi connectivity index (χ1n) is 5.78. The van der Waals surface area contributed by atoms with E-state index in [1.807, 2.05) is 31.2 Å². The van der Waals surface area contributed by atoms with Gasteiger partial charge in [0.05, 0.1) is 0 Å². The minimum Gasteiger partial charge on any atom is -0.369 e. The third-order valence-electron chi connectivity index (χ3n) is 2.76. The summed E-state index contributed by atoms with van der Waals surface area (Å²) in [5, 5.41) is 6.20. The van der Waals surface area contributed by atoms with E-state index in [1.165, 1.54) is 5.56 Å². The summed E-state index contributed by atoms with van der Waals surface area (Å²) in [5.41, 5.74) is 6.75. The van der Waals surface area contributed by atoms with Gasteiger partial charge in [0.15, 0.2) is 11.3 Å². The van der Waals surface area contributed by atoms with Crippen LogP contribution in [0.3, 0.4) is 0 Å². The number of benzene rings is 1. The maximum Gasteiger partial charge on any atom is 0.277 e. The Morgan fingerprint density at radius 2 is 2.00 bits per heavy atom. The van der Waals surface area contributed by atoms with E-state index in [9.17, 15) is 4.79 Å². The molecule has 2 heterocycles. The van der Waals surface area contributed by atoms with Crippen molar-refractivity contribution in [1.29, 1.82) is 0 Å². The van der Waals surface area contributed by atoms with E-state index in [4.69, 9.17) is 5.73 Å². The zero-order chi connectivity index (χ0) is 13.4. The fourth-order valence-corrected chi connectivity index (χ4v) is 2.74. The van der Waals surface area contributed by atoms with Crippen LogP contribution in [0, 0.1) is 6.92 Å². The van der Waals surface area contributed by atoms with Gasteiger partial charge in [0.25, 0.3) is 5.56 Å². The number of aromatic amines is 1. The van der Waals surface area contributed by atoms with Crippen LogP contribution in [-0.2, 0) is 0 Å². The molecule has 1 aromatic heterocycles. The molecule has 2 aromatic rings. The second kappa shape index (κ2) is 4.51. The van der Waals surface area contributed by atoms with Crippen LogP contribution < -0.4 is 21.9 Å². The van der Waals surface area contributed by atoms with E-state index in [2.05, 4.69) is 20.6 Å². The zero-order valence-electron chi connectivity index (χ0n) is 10.2. The van der Waals surface area contributed by atoms with Gasteiger partial charge in [0, 0.05) is 4.90 Å². The first kappa shape index (κ1) is 11.9. The summed E-state index contributed by atoms with van der Waals surface area (Å²) in [7, 11) is 0. The molecule has 1 aliphatic heterocycles. The number of anilines is 3. The second-order valence-electron chi connectivity index (χ2n) is 4.27. The van der Waals surface area contributed by atoms with Crippen molar-refractivity contribution in [2.24, 2.45) is 0 Å². The van der Waals surface area contributed by atoms with Gasteiger partial charge in [0.2, 0.25) is 5.95 Å². The molecule has 0 saturated heterocycles. The van der Waals surface area contributed by atoms with Crippen molar-refractivity contribution in [1.82, 2.24) is 9.97 Å². The third kappa shape index (κ3) is 2.37. The van der Waals surface area contributed by atoms with Gasteiger partial charge in [-0.15, -0.1) is 0 Å². The summed E-state index contributed by atoms with van der Waals surface area (Å²) in [6, 6.07) is 8.18. The number of aromatic nitrogens is 2. The minimum atomic E-state index is -0.262. The molecule has 1 aromatic carbocycles. The monoisotopic (exact) mass is 275 g/mol. The van der Waals surface area contributed by atoms with Crippen molar-refractivity contribution in [2.75, 3.05) is 16.4 Å². The Balaban J connectivity index is 1.79. The summed E-state index contributed by atoms with van der Waals surface area (Å²) < 4.78 is 0. The smallest absolute Gasteiger partial charge is 0.277 e. The summed E-state index contributed by atoms with van der Waals surface area (Å²) in [6.45, 7) is 2.04. The predicted molar refractivity (Wildman–Crippen MR) is 77.3 cm³/mol. The van der Waals surface area contributed by atoms with E-state index < -0.39 is 0 Å². The molecule has 0 bridgehead atoms. The number of hydrogen-bond acceptors (Lipinski definition) is 6. The first-order valence-corrected chi connectivity index (χ1v) is 6.66. The Labute approximate surface area is 113 Å². The molecule has 5 N–H and O–H groups in total. The van der Waals surface area contributed by atoms with E-state index >= 15 is 0 Å². The van der Waals surface area contributed by atoms with E-state index in [0.29, 0.717) is 11.5 Å². The van der Waals surface area contributed by atoms with Crippen molar-refractivity contribution in [3.8, 4) is 0 Å². The molecular formula is C12H13N5OS. The van der Waals surface area contributed by atoms with Crippen LogP contribution in [0.25, 0.3) is 0 Å². The summed E-state index contributed by atoms with van der Waals surface area (Å²) in [6.07, 6.45) is 0. The van der Waals surface area contributed by atoms with Crippen molar-refractivity contribution < 1.29 is 0 Å². The van der Waals surface area contributed by atoms with Crippen molar-refractivity contribution in [2.45, 2.75) is 17.3 Å². The lowest BCUT2D eigenvalue weighted by atomic mass is 10.2. The van der Waals surface area contributed by atoms with Gasteiger partial charge >= 0.3 is 0 Å². The van der Waals surface area contributed by atoms with Crippen LogP contribution in [0.4, 0.5) is 17.5 Å². The van der Waals surface area contributed by atoms with Gasteiger partial charge in [-0.1, -0.05) is 29.5 Å². The van der Waals surface area contributed by atoms with Crippen LogP contribution in [0.15, 0.2) is 34.0 Å². The zero-order valence-corrected chi connectivity index (χ0v) is 11.0. The van der Waals surface area contributed by atoms with E-state index in [-0.39, 0.29) is 17.0 Å². The van der Waals surface area contributed by atoms with Gasteiger partial charge in [-0.3, -0.25) is 9.78 Å². The molecule has 0 aliphatic carbocycles. The summed E-state index contributed by atoms with van der Waals surface area (Å²) in [5.74, 6) is 0.602. The number of rotatable bonds is 2. The van der Waals surface area contributed by atoms with Crippen LogP contribution in [0.1, 0.15) is 5.56 Å². The molecular weight excluding hydrogens is 262 g/mol. The first-order chi connectivity index (χ1) is 9.11. The molecule has 6 nitrogen and oxygen atoms in total. The van der Waals surface area contributed by atoms with Gasteiger partial charge in [-0.2, -0.15) is 4.98 Å². The van der Waals surface area contributed by atoms with Crippen molar-refractivity contribution in [3.63, 3.8) is 0 Å². The highest BCUT2D eigenvalue weighted by Gasteiger charge is 2.24. The standard InChI is InChI=1S/C12H13N5OS/c1-6-2-4-7(5-3-6)19-12-14-8-9(16-12)15-11(13)17-10(8)18/h2-5,12,14H,1H3,(H4,13,15,16,17,18). The normalized spacial score (nSPS) is 16.6. The van der Waals surface area contributed by atoms with E-state index in [0.717, 1.165) is 4.90 Å². The number of nitrogens with zero attached hydrogens (tertiary/aromatic N) is 1. The lowest BCUT2D eigenvalue weighted by Crippen LogP contribution is -2.19. The number of nitrogens with one attached hydrogen (secondary N) is 3. The molecule has 0 saturated carbocycles. The lowest BCUT2D eigenvalue weighted by Gasteiger charge is -2.11. The number of nitrogen functional groups attached to an aromatic ring is 1. The molecule has 0 fully saturated rings. The van der Waals surface area contributed by atoms with E-state index in [1.54, 1.807) is 11.8 Å². The average molecular weight is 275 g/mol. The number of H-pyrrole nitrogens is 1. The Morgan fingerprint density at radius 3 is 2.74 bits per heavy atom. The molecule has 3 rings (SSSR count). The Kier molecular flexibility index (Phi) is 2.83. The van der Waals surface area contributed by atoms with Crippen molar-refractivity contribution in [3.05, 3.63) is 40.2 Å². The maximum absolute atomic E-state index is 11.7. The Bertz CT molecular complexity index is 667. The van der Waals surface area contributed by atoms with Crippen LogP contribution in [0.2, 0.25) is 0 Å². The molecule has 0 amide bonds. The van der Waals surface area contributed by atoms with Crippen LogP contribution in [0.5, 0.6) is 0 Å². The van der Waals surface area contributed by atoms with Gasteiger partial charge in [-0.05, 0) is 19.1 Å². The highest BCUT2D eigenvalue weighted by atomic mass is 32.2. The summed E-state index contributed by atoms with van der Waals surface area (Å²) in [4.78, 5) is 19.3. The number of aryl methyl sites for hydroxylation is 1. The SMILES string of the molecule is Cc1ccc(SC2Nc3nc(N)[nH]c(=O)c3N2)cc1. The fourth-order valence-electron chi connectivity index (χ4n) is 1.83. The molecule has 7 heteroatoms. The quantitative estimate of drug-likeness (QED) is 0.664. The number of thioether (sulfide) groups is 1. The second-order valence-corrected chi connectivity index (χ2v) is 5.45. The molecule has 98 valence electrons. The lowest BCUT2D eigenvalue weighted by molar-refractivity contribution is 1.15. The summed E-state index contributed by atoms with van der Waals surface area (Å²) >= 11 is 1.58. The fraction of sp³-hybridized carbons (Fsp3) is 0.167. The Hall–Kier alpha value is -2.15. The molecule has 0 spiro atoms. The molecule has 1 aliphatic rings. The predicted octanol–water partition coefficient (Wildman–Crippen LogP) is 1.57. The third-order valence-corrected chi connectivity index (χ3v) is 3.77. The number of nitrogens with two attached hydrogens (primary N) is 1. The maximum atomic E-state index is 11.7. The number of hydrogen-bond donors (Lipinski definition) is 4. The Morgan fingerprint density at radius 1 is 1.26 bits per heavy atom. The molecule has 1 unspecified atom stereocenters. The molecule has 0 radical (unpaired) electrons. The van der Waals surface area contributed by atoms with Crippen LogP contribution in [-0.4, -0.2) is 15.5 Å². The largest absolute Gasteiger partial charge is 0.369 e. The van der Waals surface area contributed by atoms with Gasteiger partial charge < -0.3 is 16.4 Å². The highest BCUT2D eigenvalue weighted by Crippen LogP contribution is 2.32. The number of fused-ring (bicyclic) bond motifs is 1. The van der Waals surface area contributed by atoms with Crippen molar-refractivity contribution >= 4 is 29.2 Å². The molecule has 19 heavy (non-hydrogen) atoms. The minimum absolute atomic E-state index is 0.110. The molecule has 1 atom stereocenters.